The highest BCUT2D eigenvalue weighted by atomic mass is 32.2. The van der Waals surface area contributed by atoms with Crippen LogP contribution in [0.15, 0.2) is 83.8 Å². The molecule has 8 heteroatoms. The molecular weight excluding hydrogens is 418 g/mol. The van der Waals surface area contributed by atoms with E-state index in [1.807, 2.05) is 6.92 Å². The van der Waals surface area contributed by atoms with E-state index in [-0.39, 0.29) is 10.6 Å². The monoisotopic (exact) mass is 441 g/mol. The van der Waals surface area contributed by atoms with Gasteiger partial charge in [-0.1, -0.05) is 30.3 Å². The van der Waals surface area contributed by atoms with E-state index in [1.54, 1.807) is 54.6 Å². The number of amides is 1. The molecule has 0 unspecified atom stereocenters. The number of carbonyl (C=O) groups excluding carboxylic acids is 1. The van der Waals surface area contributed by atoms with Gasteiger partial charge in [0.05, 0.1) is 24.3 Å². The summed E-state index contributed by atoms with van der Waals surface area (Å²) in [7, 11) is -2.68. The lowest BCUT2D eigenvalue weighted by Gasteiger charge is -2.23. The van der Waals surface area contributed by atoms with Gasteiger partial charge in [-0.15, -0.1) is 0 Å². The Kier molecular flexibility index (Phi) is 7.15. The number of anilines is 1. The van der Waals surface area contributed by atoms with Gasteiger partial charge < -0.3 is 14.2 Å². The summed E-state index contributed by atoms with van der Waals surface area (Å²) >= 11 is 0. The number of carbonyl (C=O) groups is 1. The van der Waals surface area contributed by atoms with E-state index in [2.05, 4.69) is 0 Å². The predicted octanol–water partition coefficient (Wildman–Crippen LogP) is 3.89. The van der Waals surface area contributed by atoms with Crippen molar-refractivity contribution < 1.29 is 27.4 Å². The SMILES string of the molecule is CCOc1ccc(N(C(=O)COc2ccccc2OC)S(=O)(=O)c2ccccc2)cc1. The molecule has 3 rings (SSSR count). The second-order valence-electron chi connectivity index (χ2n) is 6.34. The molecule has 0 aliphatic heterocycles. The Morgan fingerprint density at radius 2 is 1.45 bits per heavy atom. The zero-order valence-corrected chi connectivity index (χ0v) is 18.0. The van der Waals surface area contributed by atoms with Crippen LogP contribution in [0.1, 0.15) is 6.92 Å². The van der Waals surface area contributed by atoms with Crippen molar-refractivity contribution in [3.63, 3.8) is 0 Å². The lowest BCUT2D eigenvalue weighted by atomic mass is 10.3. The lowest BCUT2D eigenvalue weighted by Crippen LogP contribution is -2.40. The standard InChI is InChI=1S/C23H23NO6S/c1-3-29-19-15-13-18(14-16-19)24(31(26,27)20-9-5-4-6-10-20)23(25)17-30-22-12-8-7-11-21(22)28-2/h4-16H,3,17H2,1-2H3. The van der Waals surface area contributed by atoms with E-state index in [0.717, 1.165) is 4.31 Å². The normalized spacial score (nSPS) is 10.9. The molecule has 0 aliphatic rings. The third-order valence-corrected chi connectivity index (χ3v) is 6.07. The van der Waals surface area contributed by atoms with Crippen molar-refractivity contribution in [1.29, 1.82) is 0 Å². The Morgan fingerprint density at radius 3 is 2.06 bits per heavy atom. The van der Waals surface area contributed by atoms with E-state index in [1.165, 1.54) is 31.4 Å². The molecular formula is C23H23NO6S. The van der Waals surface area contributed by atoms with Gasteiger partial charge in [-0.2, -0.15) is 4.31 Å². The topological polar surface area (TPSA) is 82.1 Å². The number of rotatable bonds is 9. The van der Waals surface area contributed by atoms with Crippen LogP contribution in [0, 0.1) is 0 Å². The number of benzene rings is 3. The average molecular weight is 442 g/mol. The van der Waals surface area contributed by atoms with Gasteiger partial charge in [0.25, 0.3) is 15.9 Å². The van der Waals surface area contributed by atoms with Crippen molar-refractivity contribution in [1.82, 2.24) is 0 Å². The highest BCUT2D eigenvalue weighted by Crippen LogP contribution is 2.28. The van der Waals surface area contributed by atoms with Crippen LogP contribution in [0.3, 0.4) is 0 Å². The van der Waals surface area contributed by atoms with E-state index in [0.29, 0.717) is 23.9 Å². The fraction of sp³-hybridized carbons (Fsp3) is 0.174. The quantitative estimate of drug-likeness (QED) is 0.501. The average Bonchev–Trinajstić information content (AvgIpc) is 2.80. The zero-order valence-electron chi connectivity index (χ0n) is 17.2. The molecule has 0 atom stereocenters. The number of ether oxygens (including phenoxy) is 3. The van der Waals surface area contributed by atoms with E-state index < -0.39 is 22.5 Å². The molecule has 7 nitrogen and oxygen atoms in total. The van der Waals surface area contributed by atoms with E-state index in [9.17, 15) is 13.2 Å². The van der Waals surface area contributed by atoms with Crippen LogP contribution in [0.5, 0.6) is 17.2 Å². The van der Waals surface area contributed by atoms with Gasteiger partial charge in [0.2, 0.25) is 0 Å². The minimum Gasteiger partial charge on any atom is -0.494 e. The molecule has 1 amide bonds. The minimum atomic E-state index is -4.17. The first-order valence-electron chi connectivity index (χ1n) is 9.59. The van der Waals surface area contributed by atoms with Crippen molar-refractivity contribution in [2.45, 2.75) is 11.8 Å². The van der Waals surface area contributed by atoms with Gasteiger partial charge >= 0.3 is 0 Å². The summed E-state index contributed by atoms with van der Waals surface area (Å²) in [5, 5.41) is 0. The third kappa shape index (κ3) is 5.16. The maximum atomic E-state index is 13.3. The number of nitrogens with zero attached hydrogens (tertiary/aromatic N) is 1. The Balaban J connectivity index is 1.94. The second-order valence-corrected chi connectivity index (χ2v) is 8.13. The first-order valence-corrected chi connectivity index (χ1v) is 11.0. The van der Waals surface area contributed by atoms with Crippen molar-refractivity contribution in [3.05, 3.63) is 78.9 Å². The smallest absolute Gasteiger partial charge is 0.278 e. The Hall–Kier alpha value is -3.52. The molecule has 0 aliphatic carbocycles. The largest absolute Gasteiger partial charge is 0.494 e. The number of methoxy groups -OCH3 is 1. The second kappa shape index (κ2) is 9.99. The van der Waals surface area contributed by atoms with Gasteiger partial charge in [0.15, 0.2) is 18.1 Å². The first-order chi connectivity index (χ1) is 15.0. The van der Waals surface area contributed by atoms with Crippen LogP contribution in [0.25, 0.3) is 0 Å². The van der Waals surface area contributed by atoms with E-state index in [4.69, 9.17) is 14.2 Å². The van der Waals surface area contributed by atoms with Crippen molar-refractivity contribution >= 4 is 21.6 Å². The Morgan fingerprint density at radius 1 is 0.839 bits per heavy atom. The first kappa shape index (κ1) is 22.2. The third-order valence-electron chi connectivity index (χ3n) is 4.31. The molecule has 162 valence electrons. The summed E-state index contributed by atoms with van der Waals surface area (Å²) in [6.07, 6.45) is 0. The minimum absolute atomic E-state index is 0.00507. The number of hydrogen-bond acceptors (Lipinski definition) is 6. The van der Waals surface area contributed by atoms with Crippen LogP contribution >= 0.6 is 0 Å². The summed E-state index contributed by atoms with van der Waals surface area (Å²) in [4.78, 5) is 13.1. The molecule has 0 spiro atoms. The van der Waals surface area contributed by atoms with Crippen molar-refractivity contribution in [3.8, 4) is 17.2 Å². The van der Waals surface area contributed by atoms with Crippen molar-refractivity contribution in [2.24, 2.45) is 0 Å². The van der Waals surface area contributed by atoms with Gasteiger partial charge in [0.1, 0.15) is 5.75 Å². The maximum absolute atomic E-state index is 13.3. The van der Waals surface area contributed by atoms with Crippen LogP contribution in [0.2, 0.25) is 0 Å². The molecule has 3 aromatic rings. The summed E-state index contributed by atoms with van der Waals surface area (Å²) in [6.45, 7) is 1.81. The number of para-hydroxylation sites is 2. The zero-order chi connectivity index (χ0) is 22.3. The van der Waals surface area contributed by atoms with Crippen molar-refractivity contribution in [2.75, 3.05) is 24.6 Å². The molecule has 0 aromatic heterocycles. The summed E-state index contributed by atoms with van der Waals surface area (Å²) in [5.41, 5.74) is 0.181. The van der Waals surface area contributed by atoms with Gasteiger partial charge in [0, 0.05) is 0 Å². The Labute approximate surface area is 181 Å². The lowest BCUT2D eigenvalue weighted by molar-refractivity contribution is -0.119. The van der Waals surface area contributed by atoms with Crippen LogP contribution in [-0.4, -0.2) is 34.6 Å². The molecule has 0 saturated heterocycles. The molecule has 31 heavy (non-hydrogen) atoms. The summed E-state index contributed by atoms with van der Waals surface area (Å²) in [5.74, 6) is 0.593. The number of hydrogen-bond donors (Lipinski definition) is 0. The molecule has 0 radical (unpaired) electrons. The molecule has 3 aromatic carbocycles. The maximum Gasteiger partial charge on any atom is 0.278 e. The van der Waals surface area contributed by atoms with Crippen LogP contribution < -0.4 is 18.5 Å². The molecule has 0 N–H and O–H groups in total. The van der Waals surface area contributed by atoms with Gasteiger partial charge in [-0.05, 0) is 55.5 Å². The van der Waals surface area contributed by atoms with Crippen LogP contribution in [0.4, 0.5) is 5.69 Å². The highest BCUT2D eigenvalue weighted by Gasteiger charge is 2.31. The predicted molar refractivity (Wildman–Crippen MR) is 117 cm³/mol. The van der Waals surface area contributed by atoms with Gasteiger partial charge in [-0.3, -0.25) is 4.79 Å². The molecule has 0 bridgehead atoms. The highest BCUT2D eigenvalue weighted by molar-refractivity contribution is 7.93. The molecule has 0 saturated carbocycles. The van der Waals surface area contributed by atoms with Gasteiger partial charge in [-0.25, -0.2) is 8.42 Å². The van der Waals surface area contributed by atoms with Crippen LogP contribution in [-0.2, 0) is 14.8 Å². The fourth-order valence-corrected chi connectivity index (χ4v) is 4.33. The summed E-state index contributed by atoms with van der Waals surface area (Å²) < 4.78 is 43.6. The number of sulfonamides is 1. The fourth-order valence-electron chi connectivity index (χ4n) is 2.90. The Bertz CT molecular complexity index is 1110. The van der Waals surface area contributed by atoms with E-state index >= 15 is 0 Å². The summed E-state index contributed by atoms with van der Waals surface area (Å²) in [6, 6.07) is 20.8. The molecule has 0 fully saturated rings. The molecule has 0 heterocycles.